The van der Waals surface area contributed by atoms with Gasteiger partial charge in [-0.05, 0) is 42.5 Å². The first-order valence-electron chi connectivity index (χ1n) is 7.46. The van der Waals surface area contributed by atoms with Gasteiger partial charge in [-0.2, -0.15) is 0 Å². The topological polar surface area (TPSA) is 50.3 Å². The summed E-state index contributed by atoms with van der Waals surface area (Å²) in [4.78, 5) is 4.67. The molecule has 22 heavy (non-hydrogen) atoms. The molecule has 1 aromatic heterocycles. The Balaban J connectivity index is 1.80. The summed E-state index contributed by atoms with van der Waals surface area (Å²) in [6.07, 6.45) is 4.92. The largest absolute Gasteiger partial charge is 0.249 e. The van der Waals surface area contributed by atoms with Crippen LogP contribution in [0.15, 0.2) is 34.7 Å². The fraction of sp³-hybridized carbons (Fsp3) is 0.438. The molecule has 1 aliphatic carbocycles. The molecule has 0 amide bonds. The van der Waals surface area contributed by atoms with Crippen LogP contribution >= 0.6 is 11.3 Å². The predicted octanol–water partition coefficient (Wildman–Crippen LogP) is 3.06. The monoisotopic (exact) mass is 336 g/mol. The average molecular weight is 336 g/mol. The molecule has 0 aliphatic heterocycles. The number of sulfonamides is 1. The number of nitrogens with zero attached hydrogens (tertiary/aromatic N) is 2. The van der Waals surface area contributed by atoms with Crippen molar-refractivity contribution in [3.63, 3.8) is 0 Å². The molecule has 0 fully saturated rings. The van der Waals surface area contributed by atoms with Gasteiger partial charge in [0.25, 0.3) is 0 Å². The number of rotatable bonds is 5. The standard InChI is InChI=1S/C16H20N2O2S2/c1-12(16-17-8-9-21-16)11-18(2)22(19,20)15-7-6-13-4-3-5-14(13)10-15/h6-10,12H,3-5,11H2,1-2H3. The summed E-state index contributed by atoms with van der Waals surface area (Å²) in [5.74, 6) is 0.0919. The van der Waals surface area contributed by atoms with E-state index < -0.39 is 10.0 Å². The molecule has 1 atom stereocenters. The van der Waals surface area contributed by atoms with E-state index in [9.17, 15) is 8.42 Å². The van der Waals surface area contributed by atoms with Crippen LogP contribution in [-0.4, -0.2) is 31.3 Å². The van der Waals surface area contributed by atoms with E-state index in [2.05, 4.69) is 4.98 Å². The second-order valence-corrected chi connectivity index (χ2v) is 8.81. The highest BCUT2D eigenvalue weighted by atomic mass is 32.2. The Bertz CT molecular complexity index is 754. The molecular weight excluding hydrogens is 316 g/mol. The van der Waals surface area contributed by atoms with Crippen molar-refractivity contribution in [2.24, 2.45) is 0 Å². The van der Waals surface area contributed by atoms with Crippen LogP contribution in [0.2, 0.25) is 0 Å². The van der Waals surface area contributed by atoms with Crippen molar-refractivity contribution in [2.75, 3.05) is 13.6 Å². The second kappa shape index (κ2) is 6.10. The second-order valence-electron chi connectivity index (χ2n) is 5.84. The molecule has 0 saturated heterocycles. The first kappa shape index (κ1) is 15.6. The first-order chi connectivity index (χ1) is 10.5. The van der Waals surface area contributed by atoms with E-state index in [0.29, 0.717) is 11.4 Å². The molecule has 118 valence electrons. The summed E-state index contributed by atoms with van der Waals surface area (Å²) >= 11 is 1.56. The normalized spacial score (nSPS) is 16.0. The van der Waals surface area contributed by atoms with Gasteiger partial charge in [0.2, 0.25) is 10.0 Å². The Hall–Kier alpha value is -1.24. The van der Waals surface area contributed by atoms with E-state index in [-0.39, 0.29) is 5.92 Å². The molecule has 1 unspecified atom stereocenters. The highest BCUT2D eigenvalue weighted by molar-refractivity contribution is 7.89. The van der Waals surface area contributed by atoms with E-state index in [1.807, 2.05) is 24.4 Å². The fourth-order valence-corrected chi connectivity index (χ4v) is 4.93. The van der Waals surface area contributed by atoms with Gasteiger partial charge in [0.1, 0.15) is 0 Å². The Morgan fingerprint density at radius 3 is 2.82 bits per heavy atom. The van der Waals surface area contributed by atoms with E-state index in [1.165, 1.54) is 15.4 Å². The van der Waals surface area contributed by atoms with Crippen LogP contribution in [0.1, 0.15) is 35.4 Å². The molecule has 3 rings (SSSR count). The summed E-state index contributed by atoms with van der Waals surface area (Å²) in [5, 5.41) is 2.89. The number of thiazole rings is 1. The fourth-order valence-electron chi connectivity index (χ4n) is 2.93. The van der Waals surface area contributed by atoms with E-state index in [0.717, 1.165) is 24.3 Å². The quantitative estimate of drug-likeness (QED) is 0.843. The maximum Gasteiger partial charge on any atom is 0.242 e. The zero-order valence-corrected chi connectivity index (χ0v) is 14.5. The van der Waals surface area contributed by atoms with Crippen LogP contribution in [-0.2, 0) is 22.9 Å². The third-order valence-corrected chi connectivity index (χ3v) is 7.01. The van der Waals surface area contributed by atoms with Crippen molar-refractivity contribution in [3.05, 3.63) is 45.9 Å². The van der Waals surface area contributed by atoms with Crippen molar-refractivity contribution in [2.45, 2.75) is 37.0 Å². The minimum atomic E-state index is -3.44. The molecule has 0 bridgehead atoms. The Morgan fingerprint density at radius 1 is 1.32 bits per heavy atom. The number of hydrogen-bond acceptors (Lipinski definition) is 4. The number of hydrogen-bond donors (Lipinski definition) is 0. The smallest absolute Gasteiger partial charge is 0.242 e. The summed E-state index contributed by atoms with van der Waals surface area (Å²) < 4.78 is 26.9. The van der Waals surface area contributed by atoms with E-state index in [4.69, 9.17) is 0 Å². The molecule has 0 radical (unpaired) electrons. The van der Waals surface area contributed by atoms with Gasteiger partial charge in [-0.3, -0.25) is 0 Å². The number of likely N-dealkylation sites (N-methyl/N-ethyl adjacent to an activating group) is 1. The van der Waals surface area contributed by atoms with Gasteiger partial charge in [-0.15, -0.1) is 11.3 Å². The number of benzene rings is 1. The van der Waals surface area contributed by atoms with Crippen molar-refractivity contribution < 1.29 is 8.42 Å². The van der Waals surface area contributed by atoms with Crippen molar-refractivity contribution in [1.29, 1.82) is 0 Å². The molecular formula is C16H20N2O2S2. The third kappa shape index (κ3) is 2.95. The Morgan fingerprint density at radius 2 is 2.09 bits per heavy atom. The van der Waals surface area contributed by atoms with Crippen LogP contribution in [0.3, 0.4) is 0 Å². The zero-order valence-electron chi connectivity index (χ0n) is 12.8. The van der Waals surface area contributed by atoms with Crippen molar-refractivity contribution in [3.8, 4) is 0 Å². The highest BCUT2D eigenvalue weighted by Crippen LogP contribution is 2.27. The first-order valence-corrected chi connectivity index (χ1v) is 9.78. The minimum absolute atomic E-state index is 0.0919. The third-order valence-electron chi connectivity index (χ3n) is 4.18. The molecule has 0 N–H and O–H groups in total. The number of aromatic nitrogens is 1. The van der Waals surface area contributed by atoms with Crippen LogP contribution in [0.25, 0.3) is 0 Å². The lowest BCUT2D eigenvalue weighted by atomic mass is 10.1. The average Bonchev–Trinajstić information content (AvgIpc) is 3.17. The number of aryl methyl sites for hydroxylation is 2. The van der Waals surface area contributed by atoms with E-state index >= 15 is 0 Å². The molecule has 1 aliphatic rings. The molecule has 0 saturated carbocycles. The zero-order chi connectivity index (χ0) is 15.7. The molecule has 1 heterocycles. The van der Waals surface area contributed by atoms with E-state index in [1.54, 1.807) is 30.6 Å². The van der Waals surface area contributed by atoms with Gasteiger partial charge in [-0.25, -0.2) is 17.7 Å². The summed E-state index contributed by atoms with van der Waals surface area (Å²) in [6, 6.07) is 5.56. The predicted molar refractivity (Wildman–Crippen MR) is 88.8 cm³/mol. The minimum Gasteiger partial charge on any atom is -0.249 e. The van der Waals surface area contributed by atoms with Gasteiger partial charge < -0.3 is 0 Å². The van der Waals surface area contributed by atoms with Gasteiger partial charge in [0.05, 0.1) is 9.90 Å². The summed E-state index contributed by atoms with van der Waals surface area (Å²) in [5.41, 5.74) is 2.47. The van der Waals surface area contributed by atoms with Gasteiger partial charge in [0.15, 0.2) is 0 Å². The molecule has 4 nitrogen and oxygen atoms in total. The van der Waals surface area contributed by atoms with Crippen LogP contribution in [0.5, 0.6) is 0 Å². The molecule has 0 spiro atoms. The summed E-state index contributed by atoms with van der Waals surface area (Å²) in [7, 11) is -1.79. The maximum atomic E-state index is 12.7. The summed E-state index contributed by atoms with van der Waals surface area (Å²) in [6.45, 7) is 2.44. The van der Waals surface area contributed by atoms with Crippen LogP contribution in [0.4, 0.5) is 0 Å². The maximum absolute atomic E-state index is 12.7. The lowest BCUT2D eigenvalue weighted by Gasteiger charge is -2.20. The van der Waals surface area contributed by atoms with Crippen LogP contribution in [0, 0.1) is 0 Å². The van der Waals surface area contributed by atoms with Gasteiger partial charge in [-0.1, -0.05) is 13.0 Å². The molecule has 1 aromatic carbocycles. The SMILES string of the molecule is CC(CN(C)S(=O)(=O)c1ccc2c(c1)CCC2)c1nccs1. The Kier molecular flexibility index (Phi) is 4.34. The van der Waals surface area contributed by atoms with Crippen molar-refractivity contribution in [1.82, 2.24) is 9.29 Å². The highest BCUT2D eigenvalue weighted by Gasteiger charge is 2.25. The molecule has 2 aromatic rings. The van der Waals surface area contributed by atoms with Crippen molar-refractivity contribution >= 4 is 21.4 Å². The van der Waals surface area contributed by atoms with Gasteiger partial charge in [0, 0.05) is 31.1 Å². The van der Waals surface area contributed by atoms with Crippen LogP contribution < -0.4 is 0 Å². The van der Waals surface area contributed by atoms with Gasteiger partial charge >= 0.3 is 0 Å². The Labute approximate surface area is 135 Å². The lowest BCUT2D eigenvalue weighted by Crippen LogP contribution is -2.30. The molecule has 6 heteroatoms. The lowest BCUT2D eigenvalue weighted by molar-refractivity contribution is 0.446. The number of fused-ring (bicyclic) bond motifs is 1.